The average Bonchev–Trinajstić information content (AvgIpc) is 2.39. The van der Waals surface area contributed by atoms with Gasteiger partial charge in [0, 0.05) is 0 Å². The highest BCUT2D eigenvalue weighted by atomic mass is 16.3. The molecule has 1 unspecified atom stereocenters. The summed E-state index contributed by atoms with van der Waals surface area (Å²) in [6.45, 7) is 0. The molecule has 19 heavy (non-hydrogen) atoms. The molecule has 0 aromatic carbocycles. The van der Waals surface area contributed by atoms with Crippen LogP contribution in [0.1, 0.15) is 96.3 Å². The zero-order chi connectivity index (χ0) is 13.8. The smallest absolute Gasteiger partial charge is 0.102 e. The van der Waals surface area contributed by atoms with Crippen LogP contribution in [0.3, 0.4) is 0 Å². The Balaban J connectivity index is 2.23. The second-order valence-electron chi connectivity index (χ2n) is 6.48. The van der Waals surface area contributed by atoms with Crippen LogP contribution in [0.15, 0.2) is 0 Å². The topological polar surface area (TPSA) is 46.2 Å². The van der Waals surface area contributed by atoms with Crippen LogP contribution in [0.25, 0.3) is 0 Å². The first-order valence-electron chi connectivity index (χ1n) is 8.72. The van der Waals surface area contributed by atoms with Gasteiger partial charge in [0.15, 0.2) is 0 Å². The second-order valence-corrected chi connectivity index (χ2v) is 6.48. The molecule has 1 fully saturated rings. The van der Waals surface area contributed by atoms with Crippen LogP contribution in [0.4, 0.5) is 0 Å². The van der Waals surface area contributed by atoms with Gasteiger partial charge in [-0.25, -0.2) is 0 Å². The highest BCUT2D eigenvalue weighted by Gasteiger charge is 2.10. The summed E-state index contributed by atoms with van der Waals surface area (Å²) in [5.74, 6) is 0.807. The van der Waals surface area contributed by atoms with Gasteiger partial charge in [0.25, 0.3) is 0 Å². The number of rotatable bonds is 3. The summed E-state index contributed by atoms with van der Waals surface area (Å²) in [7, 11) is 0. The van der Waals surface area contributed by atoms with Gasteiger partial charge in [0.2, 0.25) is 0 Å². The maximum Gasteiger partial charge on any atom is 0.102 e. The molecule has 0 saturated heterocycles. The molecule has 0 heterocycles. The first-order chi connectivity index (χ1) is 9.29. The molecule has 0 aromatic rings. The van der Waals surface area contributed by atoms with Gasteiger partial charge in [-0.2, -0.15) is 0 Å². The van der Waals surface area contributed by atoms with Gasteiger partial charge in [0.1, 0.15) is 6.23 Å². The molecule has 1 atom stereocenters. The summed E-state index contributed by atoms with van der Waals surface area (Å²) in [4.78, 5) is 0. The third-order valence-electron chi connectivity index (χ3n) is 4.60. The molecule has 2 nitrogen and oxygen atoms in total. The molecule has 1 aliphatic rings. The fourth-order valence-corrected chi connectivity index (χ4v) is 3.30. The van der Waals surface area contributed by atoms with E-state index in [4.69, 9.17) is 5.73 Å². The fraction of sp³-hybridized carbons (Fsp3) is 1.00. The lowest BCUT2D eigenvalue weighted by Crippen LogP contribution is -2.19. The van der Waals surface area contributed by atoms with Crippen LogP contribution in [-0.4, -0.2) is 11.3 Å². The number of nitrogens with two attached hydrogens (primary N) is 1. The summed E-state index contributed by atoms with van der Waals surface area (Å²) in [5, 5.41) is 9.24. The summed E-state index contributed by atoms with van der Waals surface area (Å²) in [6.07, 6.45) is 19.6. The van der Waals surface area contributed by atoms with Crippen LogP contribution < -0.4 is 5.73 Å². The highest BCUT2D eigenvalue weighted by molar-refractivity contribution is 4.63. The van der Waals surface area contributed by atoms with Gasteiger partial charge in [-0.3, -0.25) is 0 Å². The minimum atomic E-state index is -0.604. The van der Waals surface area contributed by atoms with E-state index in [1.54, 1.807) is 0 Å². The number of aliphatic hydroxyl groups is 1. The van der Waals surface area contributed by atoms with Gasteiger partial charge in [0.05, 0.1) is 0 Å². The van der Waals surface area contributed by atoms with Crippen molar-refractivity contribution in [3.05, 3.63) is 0 Å². The molecule has 0 spiro atoms. The number of hydrogen-bond acceptors (Lipinski definition) is 2. The Labute approximate surface area is 120 Å². The maximum absolute atomic E-state index is 9.24. The zero-order valence-corrected chi connectivity index (χ0v) is 12.8. The van der Waals surface area contributed by atoms with Crippen molar-refractivity contribution < 1.29 is 5.11 Å². The number of aliphatic hydroxyl groups excluding tert-OH is 1. The van der Waals surface area contributed by atoms with E-state index in [0.717, 1.165) is 18.8 Å². The third-order valence-corrected chi connectivity index (χ3v) is 4.60. The van der Waals surface area contributed by atoms with Gasteiger partial charge in [-0.15, -0.1) is 0 Å². The van der Waals surface area contributed by atoms with E-state index >= 15 is 0 Å². The van der Waals surface area contributed by atoms with E-state index < -0.39 is 6.23 Å². The Bertz CT molecular complexity index is 180. The van der Waals surface area contributed by atoms with E-state index in [0.29, 0.717) is 0 Å². The lowest BCUT2D eigenvalue weighted by Gasteiger charge is -2.18. The summed E-state index contributed by atoms with van der Waals surface area (Å²) in [6, 6.07) is 0. The predicted octanol–water partition coefficient (Wildman–Crippen LogP) is 4.74. The van der Waals surface area contributed by atoms with Crippen molar-refractivity contribution in [1.82, 2.24) is 0 Å². The first-order valence-corrected chi connectivity index (χ1v) is 8.72. The minimum absolute atomic E-state index is 0.604. The molecular formula is C17H35NO. The second kappa shape index (κ2) is 11.7. The van der Waals surface area contributed by atoms with Crippen LogP contribution in [-0.2, 0) is 0 Å². The fourth-order valence-electron chi connectivity index (χ4n) is 3.30. The summed E-state index contributed by atoms with van der Waals surface area (Å²) >= 11 is 0. The third kappa shape index (κ3) is 10.4. The van der Waals surface area contributed by atoms with Gasteiger partial charge < -0.3 is 10.8 Å². The molecule has 3 N–H and O–H groups in total. The van der Waals surface area contributed by atoms with Gasteiger partial charge >= 0.3 is 0 Å². The maximum atomic E-state index is 9.24. The molecule has 2 heteroatoms. The summed E-state index contributed by atoms with van der Waals surface area (Å²) < 4.78 is 0. The Hall–Kier alpha value is -0.0800. The molecule has 1 saturated carbocycles. The van der Waals surface area contributed by atoms with E-state index in [-0.39, 0.29) is 0 Å². The zero-order valence-electron chi connectivity index (χ0n) is 12.8. The molecule has 1 aliphatic carbocycles. The minimum Gasteiger partial charge on any atom is -0.379 e. The molecule has 1 rings (SSSR count). The van der Waals surface area contributed by atoms with Crippen LogP contribution in [0.2, 0.25) is 0 Å². The first kappa shape index (κ1) is 17.0. The standard InChI is InChI=1S/C17H35NO/c18-17(19)15-14-16-12-10-8-6-4-2-1-3-5-7-9-11-13-16/h16-17,19H,1-15,18H2. The van der Waals surface area contributed by atoms with Crippen molar-refractivity contribution in [2.75, 3.05) is 0 Å². The Morgan fingerprint density at radius 3 is 1.47 bits per heavy atom. The normalized spacial score (nSPS) is 23.7. The highest BCUT2D eigenvalue weighted by Crippen LogP contribution is 2.24. The van der Waals surface area contributed by atoms with Crippen LogP contribution >= 0.6 is 0 Å². The monoisotopic (exact) mass is 269 g/mol. The Morgan fingerprint density at radius 1 is 0.737 bits per heavy atom. The Kier molecular flexibility index (Phi) is 10.5. The molecule has 0 amide bonds. The van der Waals surface area contributed by atoms with Gasteiger partial charge in [-0.05, 0) is 18.8 Å². The van der Waals surface area contributed by atoms with Crippen molar-refractivity contribution in [1.29, 1.82) is 0 Å². The van der Waals surface area contributed by atoms with Gasteiger partial charge in [-0.1, -0.05) is 83.5 Å². The van der Waals surface area contributed by atoms with Crippen molar-refractivity contribution in [3.8, 4) is 0 Å². The number of hydrogen-bond donors (Lipinski definition) is 2. The van der Waals surface area contributed by atoms with E-state index in [9.17, 15) is 5.11 Å². The molecular weight excluding hydrogens is 234 g/mol. The average molecular weight is 269 g/mol. The molecule has 0 aromatic heterocycles. The lowest BCUT2D eigenvalue weighted by atomic mass is 9.89. The summed E-state index contributed by atoms with van der Waals surface area (Å²) in [5.41, 5.74) is 5.47. The van der Waals surface area contributed by atoms with E-state index in [2.05, 4.69) is 0 Å². The Morgan fingerprint density at radius 2 is 1.11 bits per heavy atom. The quantitative estimate of drug-likeness (QED) is 0.727. The van der Waals surface area contributed by atoms with Crippen molar-refractivity contribution in [2.24, 2.45) is 11.7 Å². The SMILES string of the molecule is NC(O)CCC1CCCCCCCCCCCCC1. The van der Waals surface area contributed by atoms with Crippen LogP contribution in [0, 0.1) is 5.92 Å². The lowest BCUT2D eigenvalue weighted by molar-refractivity contribution is 0.158. The predicted molar refractivity (Wildman–Crippen MR) is 82.9 cm³/mol. The van der Waals surface area contributed by atoms with Crippen LogP contribution in [0.5, 0.6) is 0 Å². The largest absolute Gasteiger partial charge is 0.379 e. The van der Waals surface area contributed by atoms with Crippen molar-refractivity contribution in [3.63, 3.8) is 0 Å². The molecule has 0 bridgehead atoms. The molecule has 114 valence electrons. The van der Waals surface area contributed by atoms with E-state index in [1.165, 1.54) is 83.5 Å². The molecule has 0 aliphatic heterocycles. The van der Waals surface area contributed by atoms with E-state index in [1.807, 2.05) is 0 Å². The van der Waals surface area contributed by atoms with Crippen molar-refractivity contribution >= 4 is 0 Å². The molecule has 0 radical (unpaired) electrons. The van der Waals surface area contributed by atoms with Crippen molar-refractivity contribution in [2.45, 2.75) is 103 Å².